The van der Waals surface area contributed by atoms with Crippen molar-refractivity contribution in [1.82, 2.24) is 0 Å². The topological polar surface area (TPSA) is 72.2 Å². The first kappa shape index (κ1) is 15.9. The molecule has 0 bridgehead atoms. The summed E-state index contributed by atoms with van der Waals surface area (Å²) < 4.78 is 25.5. The lowest BCUT2D eigenvalue weighted by Gasteiger charge is -2.23. The molecule has 1 fully saturated rings. The van der Waals surface area contributed by atoms with Crippen molar-refractivity contribution in [2.45, 2.75) is 49.5 Å². The first-order valence-electron chi connectivity index (χ1n) is 7.24. The molecule has 1 aliphatic rings. The molecule has 1 amide bonds. The highest BCUT2D eigenvalue weighted by atomic mass is 32.2. The molecule has 0 heterocycles. The van der Waals surface area contributed by atoms with Crippen LogP contribution in [0.2, 0.25) is 0 Å². The molecule has 1 aromatic rings. The molecular formula is C15H21FN2O2S. The van der Waals surface area contributed by atoms with E-state index in [0.29, 0.717) is 5.69 Å². The molecule has 21 heavy (non-hydrogen) atoms. The fourth-order valence-electron chi connectivity index (χ4n) is 2.56. The summed E-state index contributed by atoms with van der Waals surface area (Å²) in [6.07, 6.45) is 5.20. The number of halogens is 1. The molecule has 4 nitrogen and oxygen atoms in total. The maximum atomic E-state index is 13.1. The molecule has 116 valence electrons. The maximum Gasteiger partial charge on any atom is 0.239 e. The molecule has 1 aliphatic carbocycles. The summed E-state index contributed by atoms with van der Waals surface area (Å²) in [5, 5.41) is 2.18. The van der Waals surface area contributed by atoms with Gasteiger partial charge in [0.15, 0.2) is 0 Å². The van der Waals surface area contributed by atoms with Crippen molar-refractivity contribution in [3.63, 3.8) is 0 Å². The van der Waals surface area contributed by atoms with Crippen LogP contribution in [0.3, 0.4) is 0 Å². The maximum absolute atomic E-state index is 13.1. The third-order valence-corrected chi connectivity index (χ3v) is 5.90. The average Bonchev–Trinajstić information content (AvgIpc) is 2.50. The number of hydrogen-bond acceptors (Lipinski definition) is 3. The van der Waals surface area contributed by atoms with Gasteiger partial charge >= 0.3 is 0 Å². The fourth-order valence-corrected chi connectivity index (χ4v) is 4.20. The number of carbonyl (C=O) groups is 1. The predicted octanol–water partition coefficient (Wildman–Crippen LogP) is 2.82. The van der Waals surface area contributed by atoms with Crippen molar-refractivity contribution in [1.29, 1.82) is 0 Å². The Morgan fingerprint density at radius 3 is 2.67 bits per heavy atom. The minimum atomic E-state index is -1.18. The van der Waals surface area contributed by atoms with Gasteiger partial charge in [-0.1, -0.05) is 19.3 Å². The second kappa shape index (κ2) is 7.02. The van der Waals surface area contributed by atoms with E-state index in [1.54, 1.807) is 6.92 Å². The Bertz CT molecular complexity index is 544. The Morgan fingerprint density at radius 2 is 2.05 bits per heavy atom. The van der Waals surface area contributed by atoms with Crippen LogP contribution >= 0.6 is 0 Å². The predicted molar refractivity (Wildman–Crippen MR) is 83.9 cm³/mol. The number of amides is 1. The second-order valence-corrected chi connectivity index (χ2v) is 7.49. The second-order valence-electron chi connectivity index (χ2n) is 5.46. The van der Waals surface area contributed by atoms with Gasteiger partial charge in [-0.15, -0.1) is 0 Å². The van der Waals surface area contributed by atoms with Gasteiger partial charge in [-0.2, -0.15) is 0 Å². The van der Waals surface area contributed by atoms with E-state index in [-0.39, 0.29) is 16.8 Å². The van der Waals surface area contributed by atoms with Gasteiger partial charge in [0.1, 0.15) is 11.1 Å². The number of nitrogen functional groups attached to an aromatic ring is 1. The summed E-state index contributed by atoms with van der Waals surface area (Å²) in [5.74, 6) is -0.836. The van der Waals surface area contributed by atoms with Gasteiger partial charge < -0.3 is 11.1 Å². The van der Waals surface area contributed by atoms with Gasteiger partial charge in [0.2, 0.25) is 5.91 Å². The van der Waals surface area contributed by atoms with Crippen LogP contribution in [0.5, 0.6) is 0 Å². The summed E-state index contributed by atoms with van der Waals surface area (Å²) in [7, 11) is -1.18. The first-order valence-corrected chi connectivity index (χ1v) is 8.52. The molecule has 3 N–H and O–H groups in total. The van der Waals surface area contributed by atoms with Crippen LogP contribution in [-0.4, -0.2) is 20.6 Å². The van der Waals surface area contributed by atoms with E-state index >= 15 is 0 Å². The molecule has 0 aromatic heterocycles. The number of benzene rings is 1. The monoisotopic (exact) mass is 312 g/mol. The summed E-state index contributed by atoms with van der Waals surface area (Å²) in [6.45, 7) is 1.67. The number of nitrogens with two attached hydrogens (primary N) is 1. The highest BCUT2D eigenvalue weighted by Gasteiger charge is 2.28. The molecule has 2 rings (SSSR count). The molecule has 1 aromatic carbocycles. The van der Waals surface area contributed by atoms with Crippen LogP contribution in [0.25, 0.3) is 0 Å². The molecule has 6 heteroatoms. The minimum absolute atomic E-state index is 0.0196. The van der Waals surface area contributed by atoms with E-state index in [9.17, 15) is 13.4 Å². The third kappa shape index (κ3) is 4.03. The van der Waals surface area contributed by atoms with Gasteiger partial charge in [0.25, 0.3) is 0 Å². The Labute approximate surface area is 126 Å². The van der Waals surface area contributed by atoms with Crippen molar-refractivity contribution in [2.24, 2.45) is 0 Å². The lowest BCUT2D eigenvalue weighted by Crippen LogP contribution is -2.35. The molecule has 0 radical (unpaired) electrons. The van der Waals surface area contributed by atoms with Gasteiger partial charge in [0.05, 0.1) is 5.69 Å². The van der Waals surface area contributed by atoms with Crippen LogP contribution in [-0.2, 0) is 15.6 Å². The molecular weight excluding hydrogens is 291 g/mol. The zero-order chi connectivity index (χ0) is 15.4. The molecule has 1 saturated carbocycles. The molecule has 2 unspecified atom stereocenters. The van der Waals surface area contributed by atoms with Crippen LogP contribution in [0, 0.1) is 5.82 Å². The Morgan fingerprint density at radius 1 is 1.38 bits per heavy atom. The smallest absolute Gasteiger partial charge is 0.239 e. The highest BCUT2D eigenvalue weighted by Crippen LogP contribution is 2.24. The van der Waals surface area contributed by atoms with E-state index < -0.39 is 21.9 Å². The average molecular weight is 312 g/mol. The summed E-state index contributed by atoms with van der Waals surface area (Å²) in [6, 6.07) is 4.01. The standard InChI is InChI=1S/C15H21FN2O2S/c1-10(21(20)12-5-3-2-4-6-12)15(19)18-11-7-8-13(16)14(17)9-11/h7-10,12H,2-6,17H2,1H3,(H,18,19). The van der Waals surface area contributed by atoms with Crippen LogP contribution < -0.4 is 11.1 Å². The van der Waals surface area contributed by atoms with Crippen molar-refractivity contribution < 1.29 is 13.4 Å². The van der Waals surface area contributed by atoms with Crippen molar-refractivity contribution in [3.05, 3.63) is 24.0 Å². The van der Waals surface area contributed by atoms with E-state index in [1.807, 2.05) is 0 Å². The normalized spacial score (nSPS) is 19.0. The Balaban J connectivity index is 1.98. The van der Waals surface area contributed by atoms with Crippen molar-refractivity contribution in [2.75, 3.05) is 11.1 Å². The van der Waals surface area contributed by atoms with Gasteiger partial charge in [-0.25, -0.2) is 4.39 Å². The Kier molecular flexibility index (Phi) is 5.33. The van der Waals surface area contributed by atoms with Gasteiger partial charge in [-0.3, -0.25) is 9.00 Å². The fraction of sp³-hybridized carbons (Fsp3) is 0.533. The zero-order valence-corrected chi connectivity index (χ0v) is 12.9. The van der Waals surface area contributed by atoms with E-state index in [2.05, 4.69) is 5.32 Å². The SMILES string of the molecule is CC(C(=O)Nc1ccc(F)c(N)c1)S(=O)C1CCCCC1. The van der Waals surface area contributed by atoms with Crippen molar-refractivity contribution in [3.8, 4) is 0 Å². The van der Waals surface area contributed by atoms with Gasteiger partial charge in [-0.05, 0) is 38.0 Å². The lowest BCUT2D eigenvalue weighted by atomic mass is 10.0. The van der Waals surface area contributed by atoms with E-state index in [4.69, 9.17) is 5.73 Å². The van der Waals surface area contributed by atoms with E-state index in [0.717, 1.165) is 25.7 Å². The number of carbonyl (C=O) groups excluding carboxylic acids is 1. The Hall–Kier alpha value is -1.43. The summed E-state index contributed by atoms with van der Waals surface area (Å²) in [4.78, 5) is 12.2. The van der Waals surface area contributed by atoms with Crippen molar-refractivity contribution >= 4 is 28.1 Å². The van der Waals surface area contributed by atoms with Crippen LogP contribution in [0.15, 0.2) is 18.2 Å². The minimum Gasteiger partial charge on any atom is -0.396 e. The number of hydrogen-bond donors (Lipinski definition) is 2. The quantitative estimate of drug-likeness (QED) is 0.840. The largest absolute Gasteiger partial charge is 0.396 e. The van der Waals surface area contributed by atoms with Gasteiger partial charge in [0, 0.05) is 21.7 Å². The van der Waals surface area contributed by atoms with E-state index in [1.165, 1.54) is 24.6 Å². The first-order chi connectivity index (χ1) is 9.99. The summed E-state index contributed by atoms with van der Waals surface area (Å²) in [5.41, 5.74) is 5.87. The number of anilines is 2. The number of nitrogens with one attached hydrogen (secondary N) is 1. The zero-order valence-electron chi connectivity index (χ0n) is 12.1. The molecule has 2 atom stereocenters. The lowest BCUT2D eigenvalue weighted by molar-refractivity contribution is -0.115. The van der Waals surface area contributed by atoms with Crippen LogP contribution in [0.1, 0.15) is 39.0 Å². The van der Waals surface area contributed by atoms with Crippen LogP contribution in [0.4, 0.5) is 15.8 Å². The highest BCUT2D eigenvalue weighted by molar-refractivity contribution is 7.87. The summed E-state index contributed by atoms with van der Waals surface area (Å²) >= 11 is 0. The molecule has 0 aliphatic heterocycles. The number of rotatable bonds is 4. The molecule has 0 spiro atoms. The third-order valence-electron chi connectivity index (χ3n) is 3.86. The molecule has 0 saturated heterocycles.